The molecule has 1 aliphatic heterocycles. The molecule has 3 aromatic rings. The van der Waals surface area contributed by atoms with Gasteiger partial charge in [-0.3, -0.25) is 9.80 Å². The molecule has 0 saturated carbocycles. The number of ether oxygens (including phenoxy) is 1. The lowest BCUT2D eigenvalue weighted by Gasteiger charge is -2.31. The van der Waals surface area contributed by atoms with E-state index in [4.69, 9.17) is 4.74 Å². The lowest BCUT2D eigenvalue weighted by Crippen LogP contribution is -2.30. The molecule has 3 aromatic carbocycles. The smallest absolute Gasteiger partial charge is 0.123 e. The van der Waals surface area contributed by atoms with Crippen LogP contribution >= 0.6 is 0 Å². The normalized spacial score (nSPS) is 17.4. The first-order chi connectivity index (χ1) is 14.6. The molecule has 30 heavy (non-hydrogen) atoms. The van der Waals surface area contributed by atoms with Crippen molar-refractivity contribution in [3.05, 3.63) is 101 Å². The number of nitrogens with zero attached hydrogens (tertiary/aromatic N) is 2. The van der Waals surface area contributed by atoms with Crippen molar-refractivity contribution in [2.45, 2.75) is 33.1 Å². The zero-order valence-corrected chi connectivity index (χ0v) is 17.7. The molecule has 0 radical (unpaired) electrons. The molecular weight excluding hydrogens is 375 g/mol. The summed E-state index contributed by atoms with van der Waals surface area (Å²) in [6.45, 7) is 8.47. The second kappa shape index (κ2) is 9.41. The topological polar surface area (TPSA) is 15.7 Å². The summed E-state index contributed by atoms with van der Waals surface area (Å²) in [6, 6.07) is 24.0. The van der Waals surface area contributed by atoms with Gasteiger partial charge in [0.2, 0.25) is 0 Å². The van der Waals surface area contributed by atoms with Crippen LogP contribution in [0, 0.1) is 12.7 Å². The molecular formula is C26H29FN2O. The molecule has 3 nitrogen and oxygen atoms in total. The number of benzene rings is 3. The first kappa shape index (κ1) is 20.6. The van der Waals surface area contributed by atoms with Crippen molar-refractivity contribution in [2.24, 2.45) is 0 Å². The van der Waals surface area contributed by atoms with Crippen molar-refractivity contribution in [2.75, 3.05) is 19.7 Å². The molecule has 0 amide bonds. The summed E-state index contributed by atoms with van der Waals surface area (Å²) in [5.41, 5.74) is 4.97. The standard InChI is InChI=1S/C26H29FN2O/c1-3-30-25-13-7-21(8-14-25)18-28-15-16-29(19-22-6-4-5-20(2)17-22)26(28)23-9-11-24(27)12-10-23/h4-14,17,26H,3,15-16,18-19H2,1-2H3/t26-/m1/s1. The molecule has 4 rings (SSSR count). The highest BCUT2D eigenvalue weighted by Gasteiger charge is 2.33. The Morgan fingerprint density at radius 2 is 1.53 bits per heavy atom. The van der Waals surface area contributed by atoms with Crippen molar-refractivity contribution < 1.29 is 9.13 Å². The lowest BCUT2D eigenvalue weighted by atomic mass is 10.1. The molecule has 0 aromatic heterocycles. The monoisotopic (exact) mass is 404 g/mol. The molecule has 1 aliphatic rings. The summed E-state index contributed by atoms with van der Waals surface area (Å²) < 4.78 is 19.1. The van der Waals surface area contributed by atoms with Crippen LogP contribution in [0.4, 0.5) is 4.39 Å². The van der Waals surface area contributed by atoms with Gasteiger partial charge in [0.25, 0.3) is 0 Å². The number of hydrogen-bond acceptors (Lipinski definition) is 3. The fourth-order valence-corrected chi connectivity index (χ4v) is 4.26. The van der Waals surface area contributed by atoms with Gasteiger partial charge in [-0.25, -0.2) is 4.39 Å². The lowest BCUT2D eigenvalue weighted by molar-refractivity contribution is 0.125. The van der Waals surface area contributed by atoms with Crippen LogP contribution in [0.15, 0.2) is 72.8 Å². The third-order valence-electron chi connectivity index (χ3n) is 5.62. The summed E-state index contributed by atoms with van der Waals surface area (Å²) in [7, 11) is 0. The van der Waals surface area contributed by atoms with E-state index in [-0.39, 0.29) is 12.0 Å². The van der Waals surface area contributed by atoms with Crippen LogP contribution in [0.1, 0.15) is 35.3 Å². The van der Waals surface area contributed by atoms with E-state index in [0.717, 1.165) is 37.5 Å². The van der Waals surface area contributed by atoms with Gasteiger partial charge in [-0.2, -0.15) is 0 Å². The Balaban J connectivity index is 1.56. The van der Waals surface area contributed by atoms with E-state index in [1.165, 1.54) is 16.7 Å². The fraction of sp³-hybridized carbons (Fsp3) is 0.308. The summed E-state index contributed by atoms with van der Waals surface area (Å²) in [6.07, 6.45) is 0.123. The minimum atomic E-state index is -0.194. The Morgan fingerprint density at radius 3 is 2.17 bits per heavy atom. The van der Waals surface area contributed by atoms with Crippen molar-refractivity contribution in [1.82, 2.24) is 9.80 Å². The van der Waals surface area contributed by atoms with Gasteiger partial charge in [-0.1, -0.05) is 54.1 Å². The van der Waals surface area contributed by atoms with E-state index in [0.29, 0.717) is 6.61 Å². The Hall–Kier alpha value is -2.69. The summed E-state index contributed by atoms with van der Waals surface area (Å²) in [5, 5.41) is 0. The number of hydrogen-bond donors (Lipinski definition) is 0. The van der Waals surface area contributed by atoms with Crippen LogP contribution in [0.3, 0.4) is 0 Å². The van der Waals surface area contributed by atoms with Gasteiger partial charge in [-0.05, 0) is 54.8 Å². The maximum atomic E-state index is 13.6. The van der Waals surface area contributed by atoms with Gasteiger partial charge in [0.1, 0.15) is 11.6 Å². The molecule has 1 heterocycles. The van der Waals surface area contributed by atoms with Gasteiger partial charge in [0.15, 0.2) is 0 Å². The Bertz CT molecular complexity index is 956. The minimum Gasteiger partial charge on any atom is -0.494 e. The van der Waals surface area contributed by atoms with Crippen molar-refractivity contribution in [3.63, 3.8) is 0 Å². The zero-order chi connectivity index (χ0) is 20.9. The Labute approximate surface area is 178 Å². The van der Waals surface area contributed by atoms with E-state index in [1.54, 1.807) is 12.1 Å². The first-order valence-electron chi connectivity index (χ1n) is 10.6. The SMILES string of the molecule is CCOc1ccc(CN2CCN(Cc3cccc(C)c3)[C@@H]2c2ccc(F)cc2)cc1. The van der Waals surface area contributed by atoms with E-state index in [1.807, 2.05) is 31.2 Å². The third-order valence-corrected chi connectivity index (χ3v) is 5.62. The van der Waals surface area contributed by atoms with Gasteiger partial charge >= 0.3 is 0 Å². The highest BCUT2D eigenvalue weighted by atomic mass is 19.1. The van der Waals surface area contributed by atoms with Crippen LogP contribution in [0.2, 0.25) is 0 Å². The van der Waals surface area contributed by atoms with E-state index in [2.05, 4.69) is 53.1 Å². The molecule has 0 aliphatic carbocycles. The minimum absolute atomic E-state index is 0.123. The largest absolute Gasteiger partial charge is 0.494 e. The van der Waals surface area contributed by atoms with Crippen LogP contribution in [0.5, 0.6) is 5.75 Å². The summed E-state index contributed by atoms with van der Waals surface area (Å²) in [5.74, 6) is 0.707. The van der Waals surface area contributed by atoms with Crippen LogP contribution < -0.4 is 4.74 Å². The maximum absolute atomic E-state index is 13.6. The molecule has 1 atom stereocenters. The molecule has 1 fully saturated rings. The molecule has 1 saturated heterocycles. The second-order valence-electron chi connectivity index (χ2n) is 7.93. The van der Waals surface area contributed by atoms with Gasteiger partial charge in [0, 0.05) is 26.2 Å². The Kier molecular flexibility index (Phi) is 6.46. The van der Waals surface area contributed by atoms with E-state index in [9.17, 15) is 4.39 Å². The average Bonchev–Trinajstić information content (AvgIpc) is 3.12. The van der Waals surface area contributed by atoms with Crippen molar-refractivity contribution in [3.8, 4) is 5.75 Å². The zero-order valence-electron chi connectivity index (χ0n) is 17.7. The maximum Gasteiger partial charge on any atom is 0.123 e. The number of halogens is 1. The van der Waals surface area contributed by atoms with E-state index >= 15 is 0 Å². The van der Waals surface area contributed by atoms with Gasteiger partial charge < -0.3 is 4.74 Å². The first-order valence-corrected chi connectivity index (χ1v) is 10.6. The van der Waals surface area contributed by atoms with E-state index < -0.39 is 0 Å². The predicted molar refractivity (Wildman–Crippen MR) is 119 cm³/mol. The highest BCUT2D eigenvalue weighted by molar-refractivity contribution is 5.28. The molecule has 4 heteroatoms. The fourth-order valence-electron chi connectivity index (χ4n) is 4.26. The predicted octanol–water partition coefficient (Wildman–Crippen LogP) is 5.55. The molecule has 0 spiro atoms. The quantitative estimate of drug-likeness (QED) is 0.513. The van der Waals surface area contributed by atoms with Crippen LogP contribution in [-0.2, 0) is 13.1 Å². The summed E-state index contributed by atoms with van der Waals surface area (Å²) >= 11 is 0. The average molecular weight is 405 g/mol. The number of rotatable bonds is 7. The molecule has 156 valence electrons. The van der Waals surface area contributed by atoms with Crippen molar-refractivity contribution in [1.29, 1.82) is 0 Å². The molecule has 0 bridgehead atoms. The number of aryl methyl sites for hydroxylation is 1. The second-order valence-corrected chi connectivity index (χ2v) is 7.93. The third kappa shape index (κ3) is 4.89. The highest BCUT2D eigenvalue weighted by Crippen LogP contribution is 2.33. The van der Waals surface area contributed by atoms with Gasteiger partial charge in [0.05, 0.1) is 12.8 Å². The van der Waals surface area contributed by atoms with Crippen molar-refractivity contribution >= 4 is 0 Å². The summed E-state index contributed by atoms with van der Waals surface area (Å²) in [4.78, 5) is 4.95. The van der Waals surface area contributed by atoms with Gasteiger partial charge in [-0.15, -0.1) is 0 Å². The molecule has 0 unspecified atom stereocenters. The Morgan fingerprint density at radius 1 is 0.867 bits per heavy atom. The molecule has 0 N–H and O–H groups in total. The van der Waals surface area contributed by atoms with Crippen LogP contribution in [-0.4, -0.2) is 29.5 Å². The van der Waals surface area contributed by atoms with Crippen LogP contribution in [0.25, 0.3) is 0 Å².